The first kappa shape index (κ1) is 23.1. The molecule has 4 rings (SSSR count). The molecule has 26 heavy (non-hydrogen) atoms. The second-order valence-electron chi connectivity index (χ2n) is 6.18. The number of imidazole rings is 1. The van der Waals surface area contributed by atoms with Crippen LogP contribution < -0.4 is 0 Å². The van der Waals surface area contributed by atoms with Crippen LogP contribution in [0.15, 0.2) is 48.5 Å². The van der Waals surface area contributed by atoms with Gasteiger partial charge in [-0.1, -0.05) is 41.9 Å². The molecule has 1 aromatic heterocycles. The normalized spacial score (nSPS) is 13.7. The highest BCUT2D eigenvalue weighted by Gasteiger charge is 2.17. The lowest BCUT2D eigenvalue weighted by Gasteiger charge is -2.16. The predicted octanol–water partition coefficient (Wildman–Crippen LogP) is 5.60. The van der Waals surface area contributed by atoms with Gasteiger partial charge in [-0.2, -0.15) is 0 Å². The summed E-state index contributed by atoms with van der Waals surface area (Å²) in [5.41, 5.74) is 3.38. The summed E-state index contributed by atoms with van der Waals surface area (Å²) < 4.78 is 2.31. The number of nitrogens with zero attached hydrogens (tertiary/aromatic N) is 3. The van der Waals surface area contributed by atoms with Gasteiger partial charge in [0, 0.05) is 5.02 Å². The van der Waals surface area contributed by atoms with E-state index in [-0.39, 0.29) is 37.2 Å². The minimum absolute atomic E-state index is 0. The molecule has 1 fully saturated rings. The average molecular weight is 435 g/mol. The number of hydrogen-bond acceptors (Lipinski definition) is 2. The summed E-state index contributed by atoms with van der Waals surface area (Å²) in [6.07, 6.45) is 2.59. The minimum Gasteiger partial charge on any atom is -0.322 e. The van der Waals surface area contributed by atoms with Crippen molar-refractivity contribution in [3.63, 3.8) is 0 Å². The second-order valence-corrected chi connectivity index (χ2v) is 6.58. The summed E-state index contributed by atoms with van der Waals surface area (Å²) in [7, 11) is 0. The van der Waals surface area contributed by atoms with Crippen molar-refractivity contribution in [2.24, 2.45) is 0 Å². The van der Waals surface area contributed by atoms with E-state index in [9.17, 15) is 0 Å². The first-order valence-corrected chi connectivity index (χ1v) is 8.59. The van der Waals surface area contributed by atoms with E-state index in [1.807, 2.05) is 18.2 Å². The number of likely N-dealkylation sites (tertiary alicyclic amines) is 1. The van der Waals surface area contributed by atoms with Crippen LogP contribution in [-0.4, -0.2) is 27.5 Å². The van der Waals surface area contributed by atoms with Crippen molar-refractivity contribution in [2.45, 2.75) is 25.9 Å². The highest BCUT2D eigenvalue weighted by Crippen LogP contribution is 2.23. The van der Waals surface area contributed by atoms with Crippen LogP contribution in [0.1, 0.15) is 24.2 Å². The van der Waals surface area contributed by atoms with Gasteiger partial charge in [0.25, 0.3) is 0 Å². The second kappa shape index (κ2) is 10.4. The maximum absolute atomic E-state index is 6.37. The van der Waals surface area contributed by atoms with Crippen LogP contribution in [0.2, 0.25) is 5.02 Å². The van der Waals surface area contributed by atoms with Gasteiger partial charge in [-0.3, -0.25) is 4.90 Å². The maximum atomic E-state index is 6.37. The average Bonchev–Trinajstić information content (AvgIpc) is 3.19. The SMILES string of the molecule is Cl.Cl.Cl.Clc1ccccc1Cn1c(CN2CCCC2)nc2ccccc21. The van der Waals surface area contributed by atoms with Crippen LogP contribution in [0.5, 0.6) is 0 Å². The van der Waals surface area contributed by atoms with Gasteiger partial charge in [0.2, 0.25) is 0 Å². The lowest BCUT2D eigenvalue weighted by molar-refractivity contribution is 0.318. The van der Waals surface area contributed by atoms with Crippen LogP contribution >= 0.6 is 48.8 Å². The molecule has 0 radical (unpaired) electrons. The number of para-hydroxylation sites is 2. The van der Waals surface area contributed by atoms with Crippen LogP contribution in [0.3, 0.4) is 0 Å². The summed E-state index contributed by atoms with van der Waals surface area (Å²) in [5, 5.41) is 0.817. The monoisotopic (exact) mass is 433 g/mol. The van der Waals surface area contributed by atoms with Crippen molar-refractivity contribution in [3.05, 3.63) is 64.9 Å². The molecule has 0 atom stereocenters. The van der Waals surface area contributed by atoms with Gasteiger partial charge >= 0.3 is 0 Å². The van der Waals surface area contributed by atoms with Crippen molar-refractivity contribution in [3.8, 4) is 0 Å². The molecule has 1 aliphatic rings. The summed E-state index contributed by atoms with van der Waals surface area (Å²) in [5.74, 6) is 1.13. The smallest absolute Gasteiger partial charge is 0.124 e. The molecule has 0 spiro atoms. The van der Waals surface area contributed by atoms with E-state index in [4.69, 9.17) is 16.6 Å². The van der Waals surface area contributed by atoms with E-state index in [0.717, 1.165) is 35.0 Å². The Hall–Kier alpha value is -0.970. The zero-order valence-electron chi connectivity index (χ0n) is 14.3. The molecule has 1 aliphatic heterocycles. The zero-order chi connectivity index (χ0) is 15.6. The predicted molar refractivity (Wildman–Crippen MR) is 117 cm³/mol. The molecule has 0 amide bonds. The van der Waals surface area contributed by atoms with Crippen molar-refractivity contribution in [1.29, 1.82) is 0 Å². The summed E-state index contributed by atoms with van der Waals surface area (Å²) in [6.45, 7) is 4.03. The fraction of sp³-hybridized carbons (Fsp3) is 0.316. The van der Waals surface area contributed by atoms with E-state index in [2.05, 4.69) is 39.8 Å². The van der Waals surface area contributed by atoms with E-state index in [1.165, 1.54) is 31.4 Å². The van der Waals surface area contributed by atoms with Crippen molar-refractivity contribution in [2.75, 3.05) is 13.1 Å². The van der Waals surface area contributed by atoms with Gasteiger partial charge in [0.1, 0.15) is 5.82 Å². The molecule has 2 aromatic carbocycles. The molecule has 3 nitrogen and oxygen atoms in total. The molecule has 142 valence electrons. The maximum Gasteiger partial charge on any atom is 0.124 e. The number of fused-ring (bicyclic) bond motifs is 1. The Morgan fingerprint density at radius 3 is 2.23 bits per heavy atom. The lowest BCUT2D eigenvalue weighted by Crippen LogP contribution is -2.21. The fourth-order valence-electron chi connectivity index (χ4n) is 3.36. The largest absolute Gasteiger partial charge is 0.322 e. The Labute approximate surface area is 178 Å². The molecule has 2 heterocycles. The van der Waals surface area contributed by atoms with Gasteiger partial charge in [-0.15, -0.1) is 37.2 Å². The quantitative estimate of drug-likeness (QED) is 0.532. The standard InChI is InChI=1S/C19H20ClN3.3ClH/c20-16-8-2-1-7-15(16)13-23-18-10-4-3-9-17(18)21-19(23)14-22-11-5-6-12-22;;;/h1-4,7-10H,5-6,11-14H2;3*1H. The topological polar surface area (TPSA) is 21.1 Å². The highest BCUT2D eigenvalue weighted by atomic mass is 35.5. The molecular weight excluding hydrogens is 412 g/mol. The van der Waals surface area contributed by atoms with Crippen molar-refractivity contribution in [1.82, 2.24) is 14.5 Å². The van der Waals surface area contributed by atoms with Crippen LogP contribution in [-0.2, 0) is 13.1 Å². The van der Waals surface area contributed by atoms with E-state index in [1.54, 1.807) is 0 Å². The van der Waals surface area contributed by atoms with Gasteiger partial charge < -0.3 is 4.57 Å². The van der Waals surface area contributed by atoms with Gasteiger partial charge in [0.15, 0.2) is 0 Å². The molecule has 0 unspecified atom stereocenters. The van der Waals surface area contributed by atoms with Gasteiger partial charge in [0.05, 0.1) is 24.1 Å². The van der Waals surface area contributed by atoms with Crippen LogP contribution in [0.25, 0.3) is 11.0 Å². The molecular formula is C19H23Cl4N3. The van der Waals surface area contributed by atoms with Crippen molar-refractivity contribution < 1.29 is 0 Å². The Morgan fingerprint density at radius 1 is 0.846 bits per heavy atom. The highest BCUT2D eigenvalue weighted by molar-refractivity contribution is 6.31. The van der Waals surface area contributed by atoms with Gasteiger partial charge in [-0.05, 0) is 49.7 Å². The fourth-order valence-corrected chi connectivity index (χ4v) is 3.56. The summed E-state index contributed by atoms with van der Waals surface area (Å²) in [4.78, 5) is 7.37. The molecule has 0 N–H and O–H groups in total. The third-order valence-electron chi connectivity index (χ3n) is 4.58. The summed E-state index contributed by atoms with van der Waals surface area (Å²) in [6, 6.07) is 16.4. The molecule has 3 aromatic rings. The van der Waals surface area contributed by atoms with E-state index < -0.39 is 0 Å². The molecule has 0 aliphatic carbocycles. The number of rotatable bonds is 4. The third kappa shape index (κ3) is 4.85. The molecule has 0 bridgehead atoms. The Morgan fingerprint density at radius 2 is 1.50 bits per heavy atom. The molecule has 0 saturated carbocycles. The first-order chi connectivity index (χ1) is 11.3. The van der Waals surface area contributed by atoms with E-state index >= 15 is 0 Å². The Bertz CT molecular complexity index is 829. The number of hydrogen-bond donors (Lipinski definition) is 0. The Kier molecular flexibility index (Phi) is 9.22. The summed E-state index contributed by atoms with van der Waals surface area (Å²) >= 11 is 6.37. The third-order valence-corrected chi connectivity index (χ3v) is 4.95. The lowest BCUT2D eigenvalue weighted by atomic mass is 10.2. The number of halogens is 4. The molecule has 1 saturated heterocycles. The van der Waals surface area contributed by atoms with Crippen LogP contribution in [0.4, 0.5) is 0 Å². The first-order valence-electron chi connectivity index (χ1n) is 8.21. The van der Waals surface area contributed by atoms with Gasteiger partial charge in [-0.25, -0.2) is 4.98 Å². The molecule has 7 heteroatoms. The van der Waals surface area contributed by atoms with E-state index in [0.29, 0.717) is 0 Å². The Balaban J connectivity index is 0.00000113. The van der Waals surface area contributed by atoms with Crippen LogP contribution in [0, 0.1) is 0 Å². The minimum atomic E-state index is 0. The number of aromatic nitrogens is 2. The zero-order valence-corrected chi connectivity index (χ0v) is 17.5. The number of benzene rings is 2. The van der Waals surface area contributed by atoms with Crippen molar-refractivity contribution >= 4 is 59.9 Å².